The number of benzene rings is 2. The van der Waals surface area contributed by atoms with Crippen molar-refractivity contribution in [1.82, 2.24) is 10.1 Å². The molecule has 2 heterocycles. The van der Waals surface area contributed by atoms with Crippen molar-refractivity contribution in [2.45, 2.75) is 19.3 Å². The van der Waals surface area contributed by atoms with Crippen LogP contribution in [0.1, 0.15) is 25.2 Å². The molecular weight excluding hydrogens is 358 g/mol. The molecule has 0 aliphatic carbocycles. The zero-order valence-corrected chi connectivity index (χ0v) is 15.8. The molecule has 1 amide bonds. The molecule has 1 atom stereocenters. The van der Waals surface area contributed by atoms with Gasteiger partial charge in [0.25, 0.3) is 0 Å². The van der Waals surface area contributed by atoms with Crippen LogP contribution in [0.3, 0.4) is 0 Å². The predicted molar refractivity (Wildman–Crippen MR) is 104 cm³/mol. The summed E-state index contributed by atoms with van der Waals surface area (Å²) in [7, 11) is 1.62. The minimum absolute atomic E-state index is 0.0401. The number of carbonyl (C=O) groups is 1. The minimum Gasteiger partial charge on any atom is -0.497 e. The Morgan fingerprint density at radius 3 is 2.50 bits per heavy atom. The van der Waals surface area contributed by atoms with Crippen molar-refractivity contribution >= 4 is 11.6 Å². The molecule has 1 aromatic heterocycles. The molecule has 2 aromatic carbocycles. The van der Waals surface area contributed by atoms with E-state index < -0.39 is 0 Å². The van der Waals surface area contributed by atoms with E-state index in [0.29, 0.717) is 31.3 Å². The topological polar surface area (TPSA) is 77.7 Å². The number of hydrogen-bond acceptors (Lipinski definition) is 6. The predicted octanol–water partition coefficient (Wildman–Crippen LogP) is 3.66. The number of ether oxygens (including phenoxy) is 2. The molecule has 1 aliphatic rings. The van der Waals surface area contributed by atoms with E-state index in [-0.39, 0.29) is 11.8 Å². The Labute approximate surface area is 162 Å². The van der Waals surface area contributed by atoms with E-state index >= 15 is 0 Å². The van der Waals surface area contributed by atoms with Gasteiger partial charge in [-0.05, 0) is 55.5 Å². The first-order chi connectivity index (χ1) is 13.7. The van der Waals surface area contributed by atoms with E-state index in [9.17, 15) is 4.79 Å². The maximum atomic E-state index is 12.5. The molecule has 0 bridgehead atoms. The summed E-state index contributed by atoms with van der Waals surface area (Å²) in [5.41, 5.74) is 1.68. The van der Waals surface area contributed by atoms with E-state index in [1.165, 1.54) is 0 Å². The fourth-order valence-corrected chi connectivity index (χ4v) is 3.27. The van der Waals surface area contributed by atoms with Crippen molar-refractivity contribution in [3.63, 3.8) is 0 Å². The quantitative estimate of drug-likeness (QED) is 0.650. The molecule has 4 rings (SSSR count). The molecule has 1 aliphatic heterocycles. The monoisotopic (exact) mass is 379 g/mol. The molecule has 3 aromatic rings. The third-order valence-corrected chi connectivity index (χ3v) is 4.72. The lowest BCUT2D eigenvalue weighted by atomic mass is 10.1. The van der Waals surface area contributed by atoms with Gasteiger partial charge in [-0.25, -0.2) is 0 Å². The number of aromatic nitrogens is 2. The molecule has 144 valence electrons. The van der Waals surface area contributed by atoms with Crippen LogP contribution >= 0.6 is 0 Å². The summed E-state index contributed by atoms with van der Waals surface area (Å²) in [6.45, 7) is 3.06. The van der Waals surface area contributed by atoms with Crippen LogP contribution in [0.2, 0.25) is 0 Å². The number of hydrogen-bond donors (Lipinski definition) is 0. The number of amides is 1. The number of nitrogens with zero attached hydrogens (tertiary/aromatic N) is 3. The van der Waals surface area contributed by atoms with Crippen LogP contribution in [0.25, 0.3) is 11.4 Å². The zero-order chi connectivity index (χ0) is 19.5. The van der Waals surface area contributed by atoms with Gasteiger partial charge in [0.1, 0.15) is 11.5 Å². The van der Waals surface area contributed by atoms with E-state index in [1.807, 2.05) is 55.5 Å². The minimum atomic E-state index is -0.126. The second-order valence-corrected chi connectivity index (χ2v) is 6.52. The van der Waals surface area contributed by atoms with Gasteiger partial charge >= 0.3 is 0 Å². The Morgan fingerprint density at radius 2 is 1.82 bits per heavy atom. The molecule has 7 nitrogen and oxygen atoms in total. The van der Waals surface area contributed by atoms with Gasteiger partial charge in [-0.15, -0.1) is 0 Å². The van der Waals surface area contributed by atoms with Gasteiger partial charge in [-0.2, -0.15) is 4.98 Å². The Balaban J connectivity index is 1.48. The fourth-order valence-electron chi connectivity index (χ4n) is 3.27. The second kappa shape index (κ2) is 7.72. The van der Waals surface area contributed by atoms with Gasteiger partial charge < -0.3 is 18.9 Å². The number of methoxy groups -OCH3 is 1. The molecule has 1 unspecified atom stereocenters. The van der Waals surface area contributed by atoms with Crippen molar-refractivity contribution in [1.29, 1.82) is 0 Å². The Morgan fingerprint density at radius 1 is 1.11 bits per heavy atom. The van der Waals surface area contributed by atoms with E-state index in [2.05, 4.69) is 10.1 Å². The van der Waals surface area contributed by atoms with Crippen molar-refractivity contribution in [2.24, 2.45) is 0 Å². The highest BCUT2D eigenvalue weighted by atomic mass is 16.5. The Bertz CT molecular complexity index is 951. The lowest BCUT2D eigenvalue weighted by molar-refractivity contribution is -0.117. The van der Waals surface area contributed by atoms with Gasteiger partial charge in [0, 0.05) is 24.2 Å². The molecule has 0 radical (unpaired) electrons. The highest BCUT2D eigenvalue weighted by molar-refractivity contribution is 5.96. The summed E-state index contributed by atoms with van der Waals surface area (Å²) >= 11 is 0. The molecule has 1 fully saturated rings. The van der Waals surface area contributed by atoms with Crippen LogP contribution in [-0.2, 0) is 4.79 Å². The molecule has 7 heteroatoms. The third-order valence-electron chi connectivity index (χ3n) is 4.72. The largest absolute Gasteiger partial charge is 0.497 e. The maximum absolute atomic E-state index is 12.5. The molecule has 1 saturated heterocycles. The van der Waals surface area contributed by atoms with Crippen molar-refractivity contribution < 1.29 is 18.8 Å². The van der Waals surface area contributed by atoms with E-state index in [0.717, 1.165) is 22.7 Å². The Kier molecular flexibility index (Phi) is 4.97. The molecular formula is C21H21N3O4. The average molecular weight is 379 g/mol. The van der Waals surface area contributed by atoms with E-state index in [1.54, 1.807) is 12.0 Å². The number of rotatable bonds is 6. The van der Waals surface area contributed by atoms with Crippen LogP contribution in [0, 0.1) is 0 Å². The van der Waals surface area contributed by atoms with Crippen LogP contribution in [-0.4, -0.2) is 36.3 Å². The van der Waals surface area contributed by atoms with Crippen LogP contribution in [0.15, 0.2) is 53.1 Å². The van der Waals surface area contributed by atoms with Crippen LogP contribution in [0.4, 0.5) is 5.69 Å². The second-order valence-electron chi connectivity index (χ2n) is 6.52. The summed E-state index contributed by atoms with van der Waals surface area (Å²) in [6.07, 6.45) is 0.345. The van der Waals surface area contributed by atoms with Gasteiger partial charge in [0.2, 0.25) is 17.6 Å². The van der Waals surface area contributed by atoms with Crippen LogP contribution < -0.4 is 14.4 Å². The number of anilines is 1. The zero-order valence-electron chi connectivity index (χ0n) is 15.8. The third kappa shape index (κ3) is 3.55. The maximum Gasteiger partial charge on any atom is 0.232 e. The van der Waals surface area contributed by atoms with Crippen molar-refractivity contribution in [2.75, 3.05) is 25.2 Å². The molecule has 0 N–H and O–H groups in total. The molecule has 0 spiro atoms. The average Bonchev–Trinajstić information content (AvgIpc) is 3.36. The summed E-state index contributed by atoms with van der Waals surface area (Å²) in [5.74, 6) is 2.45. The standard InChI is InChI=1S/C21H21N3O4/c1-3-27-18-10-6-16(7-11-18)24-13-15(12-19(24)25)21-22-20(23-28-21)14-4-8-17(26-2)9-5-14/h4-11,15H,3,12-13H2,1-2H3. The highest BCUT2D eigenvalue weighted by Gasteiger charge is 2.35. The molecule has 0 saturated carbocycles. The Hall–Kier alpha value is -3.35. The van der Waals surface area contributed by atoms with Crippen molar-refractivity contribution in [3.05, 3.63) is 54.4 Å². The number of carbonyl (C=O) groups excluding carboxylic acids is 1. The SMILES string of the molecule is CCOc1ccc(N2CC(c3nc(-c4ccc(OC)cc4)no3)CC2=O)cc1. The van der Waals surface area contributed by atoms with Crippen LogP contribution in [0.5, 0.6) is 11.5 Å². The first-order valence-corrected chi connectivity index (χ1v) is 9.19. The normalized spacial score (nSPS) is 16.4. The highest BCUT2D eigenvalue weighted by Crippen LogP contribution is 2.32. The summed E-state index contributed by atoms with van der Waals surface area (Å²) in [6, 6.07) is 15.0. The van der Waals surface area contributed by atoms with Gasteiger partial charge in [0.05, 0.1) is 19.6 Å². The van der Waals surface area contributed by atoms with Crippen molar-refractivity contribution in [3.8, 4) is 22.9 Å². The summed E-state index contributed by atoms with van der Waals surface area (Å²) in [5, 5.41) is 4.07. The van der Waals surface area contributed by atoms with Gasteiger partial charge in [-0.3, -0.25) is 4.79 Å². The fraction of sp³-hybridized carbons (Fsp3) is 0.286. The lowest BCUT2D eigenvalue weighted by Crippen LogP contribution is -2.24. The molecule has 28 heavy (non-hydrogen) atoms. The van der Waals surface area contributed by atoms with Gasteiger partial charge in [-0.1, -0.05) is 5.16 Å². The smallest absolute Gasteiger partial charge is 0.232 e. The summed E-state index contributed by atoms with van der Waals surface area (Å²) < 4.78 is 16.1. The van der Waals surface area contributed by atoms with E-state index in [4.69, 9.17) is 14.0 Å². The lowest BCUT2D eigenvalue weighted by Gasteiger charge is -2.16. The first kappa shape index (κ1) is 18.0. The van der Waals surface area contributed by atoms with Gasteiger partial charge in [0.15, 0.2) is 0 Å². The summed E-state index contributed by atoms with van der Waals surface area (Å²) in [4.78, 5) is 18.8. The first-order valence-electron chi connectivity index (χ1n) is 9.19.